The molecule has 4 nitrogen and oxygen atoms in total. The third kappa shape index (κ3) is 3.78. The summed E-state index contributed by atoms with van der Waals surface area (Å²) in [6.45, 7) is 0. The largest absolute Gasteiger partial charge is 0.457 e. The lowest BCUT2D eigenvalue weighted by atomic mass is 10.3. The van der Waals surface area contributed by atoms with Crippen LogP contribution >= 0.6 is 0 Å². The number of hydrogen-bond acceptors (Lipinski definition) is 3. The zero-order chi connectivity index (χ0) is 13.0. The fourth-order valence-electron chi connectivity index (χ4n) is 1.41. The molecule has 1 N–H and O–H groups in total. The molecule has 0 aliphatic rings. The van der Waals surface area contributed by atoms with Crippen LogP contribution in [0.25, 0.3) is 0 Å². The van der Waals surface area contributed by atoms with Crippen LogP contribution in [0.3, 0.4) is 0 Å². The van der Waals surface area contributed by atoms with E-state index in [0.29, 0.717) is 17.2 Å². The van der Waals surface area contributed by atoms with E-state index in [1.807, 2.05) is 6.07 Å². The highest BCUT2D eigenvalue weighted by molar-refractivity contribution is 7.92. The third-order valence-electron chi connectivity index (χ3n) is 2.05. The van der Waals surface area contributed by atoms with E-state index >= 15 is 0 Å². The van der Waals surface area contributed by atoms with Crippen molar-refractivity contribution in [2.24, 2.45) is 0 Å². The van der Waals surface area contributed by atoms with Gasteiger partial charge in [0.25, 0.3) is 0 Å². The first kappa shape index (κ1) is 12.4. The molecule has 0 bridgehead atoms. The molecule has 0 fully saturated rings. The van der Waals surface area contributed by atoms with E-state index < -0.39 is 10.0 Å². The van der Waals surface area contributed by atoms with E-state index in [1.54, 1.807) is 42.5 Å². The molecule has 0 atom stereocenters. The minimum atomic E-state index is -3.28. The molecular formula is C13H12NO3S. The molecule has 0 saturated carbocycles. The highest BCUT2D eigenvalue weighted by Crippen LogP contribution is 2.23. The molecule has 2 aromatic carbocycles. The first-order valence-electron chi connectivity index (χ1n) is 5.25. The first-order chi connectivity index (χ1) is 8.53. The predicted molar refractivity (Wildman–Crippen MR) is 70.3 cm³/mol. The zero-order valence-corrected chi connectivity index (χ0v) is 10.6. The normalized spacial score (nSPS) is 10.9. The van der Waals surface area contributed by atoms with Crippen LogP contribution in [-0.2, 0) is 10.0 Å². The van der Waals surface area contributed by atoms with Gasteiger partial charge in [-0.15, -0.1) is 0 Å². The molecule has 0 saturated heterocycles. The van der Waals surface area contributed by atoms with Crippen LogP contribution < -0.4 is 9.46 Å². The van der Waals surface area contributed by atoms with Crippen molar-refractivity contribution in [1.29, 1.82) is 0 Å². The number of anilines is 1. The SMILES string of the molecule is CS(=O)(=O)Nc1cccc(Oc2c[c]ccc2)c1. The van der Waals surface area contributed by atoms with Crippen LogP contribution in [0.2, 0.25) is 0 Å². The van der Waals surface area contributed by atoms with Crippen LogP contribution in [0.4, 0.5) is 5.69 Å². The molecule has 5 heteroatoms. The highest BCUT2D eigenvalue weighted by atomic mass is 32.2. The van der Waals surface area contributed by atoms with Gasteiger partial charge >= 0.3 is 0 Å². The Bertz CT molecular complexity index is 624. The quantitative estimate of drug-likeness (QED) is 0.921. The Labute approximate surface area is 106 Å². The number of sulfonamides is 1. The second-order valence-corrected chi connectivity index (χ2v) is 5.49. The molecule has 0 spiro atoms. The van der Waals surface area contributed by atoms with Gasteiger partial charge in [-0.1, -0.05) is 18.2 Å². The molecule has 1 radical (unpaired) electrons. The molecule has 0 aliphatic carbocycles. The van der Waals surface area contributed by atoms with Gasteiger partial charge in [-0.05, 0) is 30.3 Å². The van der Waals surface area contributed by atoms with Gasteiger partial charge in [0.15, 0.2) is 0 Å². The molecule has 2 rings (SSSR count). The van der Waals surface area contributed by atoms with Gasteiger partial charge in [-0.3, -0.25) is 4.72 Å². The van der Waals surface area contributed by atoms with Crippen LogP contribution in [-0.4, -0.2) is 14.7 Å². The number of rotatable bonds is 4. The van der Waals surface area contributed by atoms with Crippen molar-refractivity contribution in [3.05, 3.63) is 54.6 Å². The van der Waals surface area contributed by atoms with Crippen molar-refractivity contribution in [3.63, 3.8) is 0 Å². The summed E-state index contributed by atoms with van der Waals surface area (Å²) in [4.78, 5) is 0. The Kier molecular flexibility index (Phi) is 3.53. The Balaban J connectivity index is 2.18. The standard InChI is InChI=1S/C13H12NO3S/c1-18(15,16)14-11-6-5-9-13(10-11)17-12-7-3-2-4-8-12/h2-3,5-10,14H,1H3. The van der Waals surface area contributed by atoms with Gasteiger partial charge < -0.3 is 4.74 Å². The molecule has 0 amide bonds. The Hall–Kier alpha value is -2.01. The Morgan fingerprint density at radius 3 is 2.61 bits per heavy atom. The fourth-order valence-corrected chi connectivity index (χ4v) is 1.97. The minimum Gasteiger partial charge on any atom is -0.457 e. The Morgan fingerprint density at radius 2 is 1.94 bits per heavy atom. The molecule has 18 heavy (non-hydrogen) atoms. The van der Waals surface area contributed by atoms with Crippen LogP contribution in [0.1, 0.15) is 0 Å². The fraction of sp³-hybridized carbons (Fsp3) is 0.0769. The third-order valence-corrected chi connectivity index (χ3v) is 2.66. The number of ether oxygens (including phenoxy) is 1. The monoisotopic (exact) mass is 262 g/mol. The summed E-state index contributed by atoms with van der Waals surface area (Å²) in [7, 11) is -3.28. The summed E-state index contributed by atoms with van der Waals surface area (Å²) in [5.41, 5.74) is 0.468. The maximum Gasteiger partial charge on any atom is 0.229 e. The average Bonchev–Trinajstić information content (AvgIpc) is 2.28. The van der Waals surface area contributed by atoms with Crippen molar-refractivity contribution >= 4 is 15.7 Å². The highest BCUT2D eigenvalue weighted by Gasteiger charge is 2.03. The van der Waals surface area contributed by atoms with Gasteiger partial charge in [0.1, 0.15) is 11.5 Å². The van der Waals surface area contributed by atoms with Gasteiger partial charge in [0.05, 0.1) is 11.9 Å². The summed E-state index contributed by atoms with van der Waals surface area (Å²) < 4.78 is 30.2. The molecule has 0 aliphatic heterocycles. The lowest BCUT2D eigenvalue weighted by molar-refractivity contribution is 0.483. The van der Waals surface area contributed by atoms with Gasteiger partial charge in [0.2, 0.25) is 10.0 Å². The summed E-state index contributed by atoms with van der Waals surface area (Å²) in [6.07, 6.45) is 1.10. The summed E-state index contributed by atoms with van der Waals surface area (Å²) >= 11 is 0. The van der Waals surface area contributed by atoms with Crippen molar-refractivity contribution in [2.75, 3.05) is 11.0 Å². The van der Waals surface area contributed by atoms with Crippen molar-refractivity contribution in [2.45, 2.75) is 0 Å². The smallest absolute Gasteiger partial charge is 0.229 e. The molecule has 0 aromatic heterocycles. The average molecular weight is 262 g/mol. The minimum absolute atomic E-state index is 0.468. The van der Waals surface area contributed by atoms with E-state index in [1.165, 1.54) is 0 Å². The predicted octanol–water partition coefficient (Wildman–Crippen LogP) is 2.65. The summed E-state index contributed by atoms with van der Waals surface area (Å²) in [6, 6.07) is 16.7. The number of nitrogens with one attached hydrogen (secondary N) is 1. The molecule has 93 valence electrons. The van der Waals surface area contributed by atoms with E-state index in [-0.39, 0.29) is 0 Å². The maximum atomic E-state index is 11.1. The topological polar surface area (TPSA) is 55.4 Å². The molecule has 2 aromatic rings. The van der Waals surface area contributed by atoms with Crippen LogP contribution in [0.5, 0.6) is 11.5 Å². The Morgan fingerprint density at radius 1 is 1.17 bits per heavy atom. The van der Waals surface area contributed by atoms with Gasteiger partial charge in [-0.2, -0.15) is 0 Å². The van der Waals surface area contributed by atoms with Crippen LogP contribution in [0.15, 0.2) is 48.5 Å². The van der Waals surface area contributed by atoms with Crippen molar-refractivity contribution < 1.29 is 13.2 Å². The van der Waals surface area contributed by atoms with Crippen LogP contribution in [0, 0.1) is 6.07 Å². The van der Waals surface area contributed by atoms with Crippen molar-refractivity contribution in [3.8, 4) is 11.5 Å². The van der Waals surface area contributed by atoms with E-state index in [9.17, 15) is 8.42 Å². The van der Waals surface area contributed by atoms with Gasteiger partial charge in [-0.25, -0.2) is 8.42 Å². The second kappa shape index (κ2) is 5.10. The number of hydrogen-bond donors (Lipinski definition) is 1. The zero-order valence-electron chi connectivity index (χ0n) is 9.75. The van der Waals surface area contributed by atoms with Gasteiger partial charge in [0, 0.05) is 6.07 Å². The lowest BCUT2D eigenvalue weighted by Gasteiger charge is -2.08. The second-order valence-electron chi connectivity index (χ2n) is 3.74. The van der Waals surface area contributed by atoms with E-state index in [4.69, 9.17) is 4.74 Å². The molecule has 0 heterocycles. The summed E-state index contributed by atoms with van der Waals surface area (Å²) in [5, 5.41) is 0. The maximum absolute atomic E-state index is 11.1. The van der Waals surface area contributed by atoms with E-state index in [0.717, 1.165) is 6.26 Å². The molecule has 0 unspecified atom stereocenters. The first-order valence-corrected chi connectivity index (χ1v) is 7.14. The summed E-state index contributed by atoms with van der Waals surface area (Å²) in [5.74, 6) is 1.21. The lowest BCUT2D eigenvalue weighted by Crippen LogP contribution is -2.09. The molecular weight excluding hydrogens is 250 g/mol. The van der Waals surface area contributed by atoms with Crippen molar-refractivity contribution in [1.82, 2.24) is 0 Å². The van der Waals surface area contributed by atoms with E-state index in [2.05, 4.69) is 10.8 Å². The number of benzene rings is 2.